The van der Waals surface area contributed by atoms with Gasteiger partial charge in [0.05, 0.1) is 37.2 Å². The van der Waals surface area contributed by atoms with E-state index in [0.717, 1.165) is 31.2 Å². The van der Waals surface area contributed by atoms with E-state index in [4.69, 9.17) is 25.9 Å². The Morgan fingerprint density at radius 3 is 2.66 bits per heavy atom. The molecule has 238 valence electrons. The molecular formula is C34H43ClN2O7. The summed E-state index contributed by atoms with van der Waals surface area (Å²) in [6.07, 6.45) is 9.12. The molecule has 0 N–H and O–H groups in total. The molecule has 5 atom stereocenters. The first-order chi connectivity index (χ1) is 20.8. The van der Waals surface area contributed by atoms with Crippen molar-refractivity contribution >= 4 is 40.9 Å². The van der Waals surface area contributed by atoms with E-state index < -0.39 is 40.5 Å². The molecule has 1 aliphatic carbocycles. The zero-order valence-electron chi connectivity index (χ0n) is 26.1. The highest BCUT2D eigenvalue weighted by atomic mass is 35.5. The lowest BCUT2D eigenvalue weighted by atomic mass is 9.87. The number of benzene rings is 1. The third kappa shape index (κ3) is 7.03. The molecule has 3 aliphatic heterocycles. The number of amides is 1. The van der Waals surface area contributed by atoms with Gasteiger partial charge in [-0.15, -0.1) is 0 Å². The quantitative estimate of drug-likeness (QED) is 0.306. The van der Waals surface area contributed by atoms with Crippen LogP contribution in [0.1, 0.15) is 90.5 Å². The number of nitrogens with zero attached hydrogens (tertiary/aromatic N) is 2. The second kappa shape index (κ2) is 12.7. The summed E-state index contributed by atoms with van der Waals surface area (Å²) < 4.78 is 10.8. The zero-order valence-corrected chi connectivity index (χ0v) is 26.9. The SMILES string of the molecule is COC(=O)[C@]12CC(=O)[C@@H]3C[C@]4(CC(c5cccc(Cl)c5)=NO4)CN3C(=O)[C@@H](CC(=O)OC(C)(C)C)CCCCC/C=C\[C@H]1C2. The first-order valence-electron chi connectivity index (χ1n) is 15.7. The van der Waals surface area contributed by atoms with Crippen molar-refractivity contribution in [3.63, 3.8) is 0 Å². The van der Waals surface area contributed by atoms with Crippen LogP contribution in [-0.2, 0) is 33.5 Å². The summed E-state index contributed by atoms with van der Waals surface area (Å²) in [6, 6.07) is 6.50. The minimum absolute atomic E-state index is 0.0298. The molecule has 1 aromatic carbocycles. The Hall–Kier alpha value is -3.20. The highest BCUT2D eigenvalue weighted by Gasteiger charge is 2.62. The Balaban J connectivity index is 1.45. The molecule has 10 heteroatoms. The minimum atomic E-state index is -0.929. The molecule has 0 unspecified atom stereocenters. The lowest BCUT2D eigenvalue weighted by molar-refractivity contribution is -0.159. The summed E-state index contributed by atoms with van der Waals surface area (Å²) >= 11 is 6.23. The summed E-state index contributed by atoms with van der Waals surface area (Å²) in [5.41, 5.74) is -1.01. The van der Waals surface area contributed by atoms with Gasteiger partial charge in [0.1, 0.15) is 5.60 Å². The Morgan fingerprint density at radius 1 is 1.14 bits per heavy atom. The number of hydrogen-bond acceptors (Lipinski definition) is 8. The van der Waals surface area contributed by atoms with Gasteiger partial charge in [-0.25, -0.2) is 0 Å². The first-order valence-corrected chi connectivity index (χ1v) is 16.0. The van der Waals surface area contributed by atoms with Crippen LogP contribution in [0.5, 0.6) is 0 Å². The maximum Gasteiger partial charge on any atom is 0.312 e. The molecule has 1 saturated heterocycles. The van der Waals surface area contributed by atoms with Gasteiger partial charge < -0.3 is 19.2 Å². The number of Topliss-reactive ketones (excluding diaryl/α,β-unsaturated/α-hetero) is 1. The molecule has 1 amide bonds. The van der Waals surface area contributed by atoms with E-state index in [2.05, 4.69) is 11.2 Å². The summed E-state index contributed by atoms with van der Waals surface area (Å²) in [5.74, 6) is -2.04. The van der Waals surface area contributed by atoms with Gasteiger partial charge in [-0.05, 0) is 64.5 Å². The number of ketones is 1. The van der Waals surface area contributed by atoms with Gasteiger partial charge >= 0.3 is 11.9 Å². The standard InChI is InChI=1S/C34H43ClN2O7/c1-32(2,3)43-29(39)16-23-11-8-6-5-7-9-13-24-17-34(24,31(41)42-4)20-28(38)27-19-33(21-37(27)30(23)40)18-26(36-44-33)22-12-10-14-25(35)15-22/h9-10,12-15,23-24,27H,5-8,11,16-21H2,1-4H3/b13-9-/t23-,24+,27+,33-,34-/m1/s1. The van der Waals surface area contributed by atoms with Crippen LogP contribution in [-0.4, -0.2) is 65.1 Å². The van der Waals surface area contributed by atoms with Crippen LogP contribution in [0, 0.1) is 17.3 Å². The number of esters is 2. The minimum Gasteiger partial charge on any atom is -0.469 e. The van der Waals surface area contributed by atoms with Crippen molar-refractivity contribution in [3.05, 3.63) is 47.0 Å². The van der Waals surface area contributed by atoms with Crippen LogP contribution in [0.15, 0.2) is 41.6 Å². The van der Waals surface area contributed by atoms with Gasteiger partial charge in [-0.2, -0.15) is 0 Å². The molecule has 1 saturated carbocycles. The maximum atomic E-state index is 14.4. The molecule has 4 aliphatic rings. The number of ether oxygens (including phenoxy) is 2. The summed E-state index contributed by atoms with van der Waals surface area (Å²) in [5, 5.41) is 4.95. The lowest BCUT2D eigenvalue weighted by Crippen LogP contribution is -2.46. The van der Waals surface area contributed by atoms with Gasteiger partial charge in [-0.3, -0.25) is 19.2 Å². The highest BCUT2D eigenvalue weighted by molar-refractivity contribution is 6.31. The van der Waals surface area contributed by atoms with Gasteiger partial charge in [0, 0.05) is 35.8 Å². The van der Waals surface area contributed by atoms with E-state index in [1.807, 2.05) is 24.3 Å². The van der Waals surface area contributed by atoms with Crippen LogP contribution in [0.2, 0.25) is 5.02 Å². The van der Waals surface area contributed by atoms with Crippen molar-refractivity contribution in [3.8, 4) is 0 Å². The Bertz CT molecular complexity index is 1370. The molecule has 2 fully saturated rings. The largest absolute Gasteiger partial charge is 0.469 e. The van der Waals surface area contributed by atoms with E-state index in [1.165, 1.54) is 7.11 Å². The molecule has 0 bridgehead atoms. The van der Waals surface area contributed by atoms with Crippen molar-refractivity contribution in [2.24, 2.45) is 22.4 Å². The van der Waals surface area contributed by atoms with Crippen molar-refractivity contribution in [1.82, 2.24) is 4.90 Å². The molecular weight excluding hydrogens is 584 g/mol. The Labute approximate surface area is 264 Å². The number of carbonyl (C=O) groups excluding carboxylic acids is 4. The number of fused-ring (bicyclic) bond motifs is 2. The number of rotatable bonds is 4. The van der Waals surface area contributed by atoms with Crippen molar-refractivity contribution in [2.75, 3.05) is 13.7 Å². The molecule has 0 aromatic heterocycles. The van der Waals surface area contributed by atoms with Gasteiger partial charge in [-0.1, -0.05) is 53.9 Å². The fraction of sp³-hybridized carbons (Fsp3) is 0.618. The highest BCUT2D eigenvalue weighted by Crippen LogP contribution is 2.58. The van der Waals surface area contributed by atoms with Crippen molar-refractivity contribution in [2.45, 2.75) is 102 Å². The number of halogens is 1. The topological polar surface area (TPSA) is 112 Å². The molecule has 1 spiro atoms. The number of oxime groups is 1. The Morgan fingerprint density at radius 2 is 1.93 bits per heavy atom. The van der Waals surface area contributed by atoms with Gasteiger partial charge in [0.2, 0.25) is 5.91 Å². The average molecular weight is 627 g/mol. The fourth-order valence-electron chi connectivity index (χ4n) is 6.96. The molecule has 44 heavy (non-hydrogen) atoms. The molecule has 9 nitrogen and oxygen atoms in total. The van der Waals surface area contributed by atoms with Crippen molar-refractivity contribution < 1.29 is 33.5 Å². The average Bonchev–Trinajstić information content (AvgIpc) is 3.30. The van der Waals surface area contributed by atoms with Crippen LogP contribution in [0.3, 0.4) is 0 Å². The number of hydrogen-bond donors (Lipinski definition) is 0. The molecule has 3 heterocycles. The summed E-state index contributed by atoms with van der Waals surface area (Å²) in [6.45, 7) is 5.54. The van der Waals surface area contributed by atoms with Gasteiger partial charge in [0.25, 0.3) is 0 Å². The number of allylic oxidation sites excluding steroid dienone is 2. The van der Waals surface area contributed by atoms with Crippen LogP contribution in [0.4, 0.5) is 0 Å². The summed E-state index contributed by atoms with van der Waals surface area (Å²) in [4.78, 5) is 62.1. The van der Waals surface area contributed by atoms with E-state index in [0.29, 0.717) is 30.0 Å². The molecule has 1 aromatic rings. The predicted octanol–water partition coefficient (Wildman–Crippen LogP) is 5.81. The third-order valence-electron chi connectivity index (χ3n) is 9.24. The van der Waals surface area contributed by atoms with E-state index in [-0.39, 0.29) is 43.4 Å². The second-order valence-corrected chi connectivity index (χ2v) is 14.3. The predicted molar refractivity (Wildman–Crippen MR) is 165 cm³/mol. The Kier molecular flexibility index (Phi) is 9.26. The van der Waals surface area contributed by atoms with Crippen LogP contribution >= 0.6 is 11.6 Å². The normalized spacial score (nSPS) is 31.6. The van der Waals surface area contributed by atoms with Crippen LogP contribution in [0.25, 0.3) is 0 Å². The monoisotopic (exact) mass is 626 g/mol. The third-order valence-corrected chi connectivity index (χ3v) is 9.48. The van der Waals surface area contributed by atoms with E-state index >= 15 is 0 Å². The maximum absolute atomic E-state index is 14.4. The summed E-state index contributed by atoms with van der Waals surface area (Å²) in [7, 11) is 1.35. The second-order valence-electron chi connectivity index (χ2n) is 13.8. The molecule has 5 rings (SSSR count). The van der Waals surface area contributed by atoms with Gasteiger partial charge in [0.15, 0.2) is 11.4 Å². The molecule has 0 radical (unpaired) electrons. The first kappa shape index (κ1) is 32.2. The van der Waals surface area contributed by atoms with E-state index in [1.54, 1.807) is 31.7 Å². The lowest BCUT2D eigenvalue weighted by Gasteiger charge is -2.29. The van der Waals surface area contributed by atoms with Crippen molar-refractivity contribution in [1.29, 1.82) is 0 Å². The fourth-order valence-corrected chi connectivity index (χ4v) is 7.15. The van der Waals surface area contributed by atoms with Crippen LogP contribution < -0.4 is 0 Å². The van der Waals surface area contributed by atoms with E-state index in [9.17, 15) is 19.2 Å². The number of methoxy groups -OCH3 is 1. The smallest absolute Gasteiger partial charge is 0.312 e. The zero-order chi connectivity index (χ0) is 31.7. The number of carbonyl (C=O) groups is 4.